The number of hydrogen-bond acceptors (Lipinski definition) is 4. The molecule has 0 saturated carbocycles. The van der Waals surface area contributed by atoms with E-state index in [2.05, 4.69) is 4.72 Å². The molecular weight excluding hydrogens is 292 g/mol. The van der Waals surface area contributed by atoms with E-state index in [0.29, 0.717) is 11.3 Å². The van der Waals surface area contributed by atoms with Crippen molar-refractivity contribution in [2.24, 2.45) is 0 Å². The van der Waals surface area contributed by atoms with Gasteiger partial charge in [-0.05, 0) is 42.7 Å². The summed E-state index contributed by atoms with van der Waals surface area (Å²) in [7, 11) is -3.79. The lowest BCUT2D eigenvalue weighted by atomic mass is 10.1. The molecule has 112 valence electrons. The number of rotatable bonds is 6. The molecule has 0 fully saturated rings. The maximum absolute atomic E-state index is 12.0. The zero-order chi connectivity index (χ0) is 16.0. The van der Waals surface area contributed by atoms with Gasteiger partial charge in [-0.3, -0.25) is 4.72 Å². The van der Waals surface area contributed by atoms with E-state index in [1.54, 1.807) is 32.0 Å². The fourth-order valence-corrected chi connectivity index (χ4v) is 2.92. The van der Waals surface area contributed by atoms with Crippen LogP contribution < -0.4 is 4.72 Å². The van der Waals surface area contributed by atoms with Crippen LogP contribution in [0.1, 0.15) is 24.5 Å². The number of carbonyl (C=O) groups is 1. The molecule has 0 spiro atoms. The Kier molecular flexibility index (Phi) is 5.50. The molecule has 6 nitrogen and oxygen atoms in total. The molecule has 2 N–H and O–H groups in total. The normalized spacial score (nSPS) is 12.8. The van der Waals surface area contributed by atoms with Gasteiger partial charge in [0.25, 0.3) is 0 Å². The first-order chi connectivity index (χ1) is 9.78. The second kappa shape index (κ2) is 6.90. The zero-order valence-corrected chi connectivity index (χ0v) is 12.5. The molecule has 1 aromatic carbocycles. The molecule has 1 unspecified atom stereocenters. The third kappa shape index (κ3) is 4.93. The molecule has 0 aromatic heterocycles. The number of aryl methyl sites for hydroxylation is 1. The number of nitrogens with zero attached hydrogens (tertiary/aromatic N) is 1. The summed E-state index contributed by atoms with van der Waals surface area (Å²) in [5.41, 5.74) is 1.62. The van der Waals surface area contributed by atoms with Crippen LogP contribution in [0.25, 0.3) is 6.08 Å². The van der Waals surface area contributed by atoms with E-state index in [1.807, 2.05) is 0 Å². The number of nitriles is 1. The van der Waals surface area contributed by atoms with Gasteiger partial charge in [0.15, 0.2) is 5.25 Å². The van der Waals surface area contributed by atoms with Crippen LogP contribution in [0.3, 0.4) is 0 Å². The Morgan fingerprint density at radius 1 is 1.48 bits per heavy atom. The number of carboxylic acids is 1. The van der Waals surface area contributed by atoms with Crippen molar-refractivity contribution in [3.05, 3.63) is 35.4 Å². The van der Waals surface area contributed by atoms with E-state index in [-0.39, 0.29) is 6.42 Å². The number of benzene rings is 1. The third-order valence-electron chi connectivity index (χ3n) is 2.67. The fraction of sp³-hybridized carbons (Fsp3) is 0.286. The molecule has 1 atom stereocenters. The van der Waals surface area contributed by atoms with Gasteiger partial charge >= 0.3 is 5.97 Å². The van der Waals surface area contributed by atoms with Gasteiger partial charge in [0.2, 0.25) is 10.0 Å². The quantitative estimate of drug-likeness (QED) is 0.783. The highest BCUT2D eigenvalue weighted by atomic mass is 32.2. The molecule has 0 saturated heterocycles. The van der Waals surface area contributed by atoms with Crippen LogP contribution in [0.2, 0.25) is 0 Å². The lowest BCUT2D eigenvalue weighted by molar-refractivity contribution is -0.131. The summed E-state index contributed by atoms with van der Waals surface area (Å²) in [4.78, 5) is 10.5. The lowest BCUT2D eigenvalue weighted by Crippen LogP contribution is -2.26. The first kappa shape index (κ1) is 16.7. The summed E-state index contributed by atoms with van der Waals surface area (Å²) in [5.74, 6) is -1.09. The van der Waals surface area contributed by atoms with Gasteiger partial charge in [0, 0.05) is 11.8 Å². The van der Waals surface area contributed by atoms with Gasteiger partial charge in [-0.2, -0.15) is 5.26 Å². The second-order valence-corrected chi connectivity index (χ2v) is 6.34. The molecule has 0 amide bonds. The molecule has 1 aromatic rings. The first-order valence-corrected chi connectivity index (χ1v) is 7.77. The Balaban J connectivity index is 3.10. The second-order valence-electron chi connectivity index (χ2n) is 4.48. The van der Waals surface area contributed by atoms with Crippen molar-refractivity contribution in [3.8, 4) is 6.07 Å². The van der Waals surface area contributed by atoms with Crippen molar-refractivity contribution >= 4 is 27.8 Å². The van der Waals surface area contributed by atoms with Gasteiger partial charge in [-0.25, -0.2) is 13.2 Å². The number of carboxylic acid groups (broad SMARTS) is 1. The van der Waals surface area contributed by atoms with E-state index in [9.17, 15) is 13.2 Å². The minimum Gasteiger partial charge on any atom is -0.478 e. The number of anilines is 1. The minimum atomic E-state index is -3.79. The first-order valence-electron chi connectivity index (χ1n) is 6.22. The van der Waals surface area contributed by atoms with Crippen LogP contribution in [0, 0.1) is 18.3 Å². The van der Waals surface area contributed by atoms with Crippen molar-refractivity contribution in [2.75, 3.05) is 4.72 Å². The van der Waals surface area contributed by atoms with Gasteiger partial charge < -0.3 is 5.11 Å². The maximum Gasteiger partial charge on any atom is 0.328 e. The maximum atomic E-state index is 12.0. The number of aliphatic carboxylic acids is 1. The number of hydrogen-bond donors (Lipinski definition) is 2. The zero-order valence-electron chi connectivity index (χ0n) is 11.7. The predicted octanol–water partition coefficient (Wildman–Crippen LogP) is 2.14. The molecule has 0 heterocycles. The molecular formula is C14H16N2O4S. The van der Waals surface area contributed by atoms with Crippen LogP contribution in [-0.2, 0) is 14.8 Å². The minimum absolute atomic E-state index is 0.184. The van der Waals surface area contributed by atoms with Crippen LogP contribution >= 0.6 is 0 Å². The van der Waals surface area contributed by atoms with Crippen molar-refractivity contribution in [1.29, 1.82) is 5.26 Å². The number of nitrogens with one attached hydrogen (secondary N) is 1. The van der Waals surface area contributed by atoms with Crippen LogP contribution in [0.4, 0.5) is 5.69 Å². The smallest absolute Gasteiger partial charge is 0.328 e. The van der Waals surface area contributed by atoms with Gasteiger partial charge in [0.1, 0.15) is 0 Å². The van der Waals surface area contributed by atoms with E-state index >= 15 is 0 Å². The Morgan fingerprint density at radius 3 is 2.67 bits per heavy atom. The molecule has 21 heavy (non-hydrogen) atoms. The highest BCUT2D eigenvalue weighted by Crippen LogP contribution is 2.19. The topological polar surface area (TPSA) is 107 Å². The monoisotopic (exact) mass is 308 g/mol. The molecule has 0 aliphatic heterocycles. The highest BCUT2D eigenvalue weighted by Gasteiger charge is 2.23. The Hall–Kier alpha value is -2.33. The summed E-state index contributed by atoms with van der Waals surface area (Å²) < 4.78 is 26.4. The summed E-state index contributed by atoms with van der Waals surface area (Å²) >= 11 is 0. The van der Waals surface area contributed by atoms with Crippen molar-refractivity contribution in [1.82, 2.24) is 0 Å². The van der Waals surface area contributed by atoms with Gasteiger partial charge in [-0.15, -0.1) is 0 Å². The fourth-order valence-electron chi connectivity index (χ4n) is 1.75. The van der Waals surface area contributed by atoms with Crippen molar-refractivity contribution in [3.63, 3.8) is 0 Å². The van der Waals surface area contributed by atoms with Crippen LogP contribution in [-0.4, -0.2) is 24.7 Å². The molecule has 7 heteroatoms. The standard InChI is InChI=1S/C14H16N2O4S/c1-3-13(9-15)21(19,20)16-12-7-10(2)6-11(8-12)4-5-14(17)18/h4-8,13,16H,3H2,1-2H3,(H,17,18)/b5-4+. The largest absolute Gasteiger partial charge is 0.478 e. The summed E-state index contributed by atoms with van der Waals surface area (Å²) in [6.07, 6.45) is 2.52. The molecule has 0 aliphatic rings. The molecule has 0 aliphatic carbocycles. The summed E-state index contributed by atoms with van der Waals surface area (Å²) in [6.45, 7) is 3.38. The van der Waals surface area contributed by atoms with Crippen LogP contribution in [0.15, 0.2) is 24.3 Å². The average molecular weight is 308 g/mol. The van der Waals surface area contributed by atoms with E-state index < -0.39 is 21.2 Å². The van der Waals surface area contributed by atoms with E-state index in [4.69, 9.17) is 10.4 Å². The Bertz CT molecular complexity index is 702. The third-order valence-corrected chi connectivity index (χ3v) is 4.38. The molecule has 0 radical (unpaired) electrons. The van der Waals surface area contributed by atoms with Crippen molar-refractivity contribution < 1.29 is 18.3 Å². The molecule has 0 bridgehead atoms. The van der Waals surface area contributed by atoms with Gasteiger partial charge in [-0.1, -0.05) is 13.0 Å². The van der Waals surface area contributed by atoms with E-state index in [0.717, 1.165) is 11.6 Å². The highest BCUT2D eigenvalue weighted by molar-refractivity contribution is 7.93. The number of sulfonamides is 1. The molecule has 1 rings (SSSR count). The van der Waals surface area contributed by atoms with Crippen LogP contribution in [0.5, 0.6) is 0 Å². The van der Waals surface area contributed by atoms with Crippen molar-refractivity contribution in [2.45, 2.75) is 25.5 Å². The summed E-state index contributed by atoms with van der Waals surface area (Å²) in [5, 5.41) is 16.3. The Labute approximate surface area is 123 Å². The SMILES string of the molecule is CCC(C#N)S(=O)(=O)Nc1cc(C)cc(/C=C/C(=O)O)c1. The Morgan fingerprint density at radius 2 is 2.14 bits per heavy atom. The predicted molar refractivity (Wildman–Crippen MR) is 80.1 cm³/mol. The van der Waals surface area contributed by atoms with Gasteiger partial charge in [0.05, 0.1) is 6.07 Å². The van der Waals surface area contributed by atoms with E-state index in [1.165, 1.54) is 12.1 Å². The average Bonchev–Trinajstić information content (AvgIpc) is 2.36. The lowest BCUT2D eigenvalue weighted by Gasteiger charge is -2.12. The summed E-state index contributed by atoms with van der Waals surface area (Å²) in [6, 6.07) is 6.58.